The van der Waals surface area contributed by atoms with Crippen molar-refractivity contribution >= 4 is 26.8 Å². The van der Waals surface area contributed by atoms with Gasteiger partial charge in [0.05, 0.1) is 11.7 Å². The quantitative estimate of drug-likeness (QED) is 0.696. The summed E-state index contributed by atoms with van der Waals surface area (Å²) in [6.45, 7) is 6.02. The van der Waals surface area contributed by atoms with Gasteiger partial charge in [0.25, 0.3) is 0 Å². The van der Waals surface area contributed by atoms with Gasteiger partial charge in [-0.2, -0.15) is 0 Å². The van der Waals surface area contributed by atoms with Crippen molar-refractivity contribution in [1.82, 2.24) is 4.98 Å². The van der Waals surface area contributed by atoms with Crippen molar-refractivity contribution in [3.8, 4) is 0 Å². The van der Waals surface area contributed by atoms with Crippen LogP contribution in [0.5, 0.6) is 0 Å². The number of pyridine rings is 1. The monoisotopic (exact) mass is 281 g/mol. The fraction of sp³-hybridized carbons (Fsp3) is 0.308. The number of hydrogen-bond donors (Lipinski definition) is 0. The van der Waals surface area contributed by atoms with Crippen LogP contribution in [0.25, 0.3) is 10.9 Å². The van der Waals surface area contributed by atoms with E-state index in [0.29, 0.717) is 0 Å². The lowest BCUT2D eigenvalue weighted by Gasteiger charge is -2.21. The summed E-state index contributed by atoms with van der Waals surface area (Å²) in [5.74, 6) is -0.238. The SMILES string of the molecule is CC(C)(C)c1c(F)cnc2ccc(Br)cc12. The van der Waals surface area contributed by atoms with Gasteiger partial charge in [-0.3, -0.25) is 4.98 Å². The van der Waals surface area contributed by atoms with E-state index in [1.165, 1.54) is 6.20 Å². The molecule has 0 bridgehead atoms. The molecule has 0 saturated heterocycles. The molecule has 1 heterocycles. The van der Waals surface area contributed by atoms with Gasteiger partial charge >= 0.3 is 0 Å². The maximum Gasteiger partial charge on any atom is 0.145 e. The van der Waals surface area contributed by atoms with Gasteiger partial charge in [0.1, 0.15) is 5.82 Å². The number of nitrogens with zero attached hydrogens (tertiary/aromatic N) is 1. The van der Waals surface area contributed by atoms with Crippen LogP contribution in [0, 0.1) is 5.82 Å². The number of aromatic nitrogens is 1. The maximum absolute atomic E-state index is 13.9. The highest BCUT2D eigenvalue weighted by molar-refractivity contribution is 9.10. The first kappa shape index (κ1) is 11.5. The van der Waals surface area contributed by atoms with Crippen molar-refractivity contribution in [3.63, 3.8) is 0 Å². The van der Waals surface area contributed by atoms with Gasteiger partial charge in [-0.15, -0.1) is 0 Å². The zero-order valence-corrected chi connectivity index (χ0v) is 11.1. The molecule has 1 nitrogen and oxygen atoms in total. The van der Waals surface area contributed by atoms with Crippen LogP contribution >= 0.6 is 15.9 Å². The number of rotatable bonds is 0. The summed E-state index contributed by atoms with van der Waals surface area (Å²) in [6, 6.07) is 5.74. The van der Waals surface area contributed by atoms with Crippen LogP contribution in [0.15, 0.2) is 28.9 Å². The summed E-state index contributed by atoms with van der Waals surface area (Å²) in [5.41, 5.74) is 1.32. The van der Waals surface area contributed by atoms with E-state index in [4.69, 9.17) is 0 Å². The molecule has 1 aromatic heterocycles. The number of halogens is 2. The molecule has 2 rings (SSSR count). The van der Waals surface area contributed by atoms with Gasteiger partial charge in [0, 0.05) is 15.4 Å². The van der Waals surface area contributed by atoms with Crippen molar-refractivity contribution in [1.29, 1.82) is 0 Å². The van der Waals surface area contributed by atoms with Crippen molar-refractivity contribution in [2.24, 2.45) is 0 Å². The van der Waals surface area contributed by atoms with Crippen molar-refractivity contribution in [2.75, 3.05) is 0 Å². The van der Waals surface area contributed by atoms with Crippen LogP contribution in [-0.4, -0.2) is 4.98 Å². The zero-order valence-electron chi connectivity index (χ0n) is 9.51. The van der Waals surface area contributed by atoms with Gasteiger partial charge in [-0.25, -0.2) is 4.39 Å². The molecule has 0 fully saturated rings. The Morgan fingerprint density at radius 2 is 1.94 bits per heavy atom. The van der Waals surface area contributed by atoms with E-state index < -0.39 is 0 Å². The predicted molar refractivity (Wildman–Crippen MR) is 68.1 cm³/mol. The minimum Gasteiger partial charge on any atom is -0.253 e. The van der Waals surface area contributed by atoms with Crippen LogP contribution in [0.1, 0.15) is 26.3 Å². The van der Waals surface area contributed by atoms with Gasteiger partial charge in [0.2, 0.25) is 0 Å². The smallest absolute Gasteiger partial charge is 0.145 e. The largest absolute Gasteiger partial charge is 0.253 e. The van der Waals surface area contributed by atoms with Crippen LogP contribution in [-0.2, 0) is 5.41 Å². The number of hydrogen-bond acceptors (Lipinski definition) is 1. The second-order valence-corrected chi connectivity index (χ2v) is 5.81. The minimum absolute atomic E-state index is 0.230. The minimum atomic E-state index is -0.238. The molecule has 0 aliphatic heterocycles. The topological polar surface area (TPSA) is 12.9 Å². The molecule has 3 heteroatoms. The molecule has 0 unspecified atom stereocenters. The summed E-state index contributed by atoms with van der Waals surface area (Å²) < 4.78 is 14.8. The third-order valence-corrected chi connectivity index (χ3v) is 3.03. The van der Waals surface area contributed by atoms with E-state index in [2.05, 4.69) is 20.9 Å². The second-order valence-electron chi connectivity index (χ2n) is 4.89. The lowest BCUT2D eigenvalue weighted by atomic mass is 9.84. The van der Waals surface area contributed by atoms with Gasteiger partial charge in [0.15, 0.2) is 0 Å². The molecular formula is C13H13BrFN. The highest BCUT2D eigenvalue weighted by Gasteiger charge is 2.21. The highest BCUT2D eigenvalue weighted by atomic mass is 79.9. The van der Waals surface area contributed by atoms with Crippen LogP contribution in [0.3, 0.4) is 0 Å². The lowest BCUT2D eigenvalue weighted by Crippen LogP contribution is -2.14. The first-order valence-electron chi connectivity index (χ1n) is 5.14. The van der Waals surface area contributed by atoms with E-state index in [9.17, 15) is 4.39 Å². The molecule has 1 aromatic carbocycles. The first-order valence-corrected chi connectivity index (χ1v) is 5.93. The Morgan fingerprint density at radius 3 is 2.56 bits per heavy atom. The fourth-order valence-electron chi connectivity index (χ4n) is 1.90. The van der Waals surface area contributed by atoms with Crippen molar-refractivity contribution in [2.45, 2.75) is 26.2 Å². The Kier molecular flexibility index (Phi) is 2.74. The van der Waals surface area contributed by atoms with Crippen LogP contribution in [0.4, 0.5) is 4.39 Å². The highest BCUT2D eigenvalue weighted by Crippen LogP contribution is 2.32. The average molecular weight is 282 g/mol. The van der Waals surface area contributed by atoms with Crippen LogP contribution in [0.2, 0.25) is 0 Å². The second kappa shape index (κ2) is 3.81. The summed E-state index contributed by atoms with van der Waals surface area (Å²) in [4.78, 5) is 4.10. The molecule has 0 amide bonds. The third-order valence-electron chi connectivity index (χ3n) is 2.53. The zero-order chi connectivity index (χ0) is 11.9. The number of benzene rings is 1. The molecule has 84 valence electrons. The standard InChI is InChI=1S/C13H13BrFN/c1-13(2,3)12-9-6-8(14)4-5-11(9)16-7-10(12)15/h4-7H,1-3H3. The normalized spacial score (nSPS) is 12.1. The van der Waals surface area contributed by atoms with Crippen LogP contribution < -0.4 is 0 Å². The predicted octanol–water partition coefficient (Wildman–Crippen LogP) is 4.43. The molecule has 0 radical (unpaired) electrons. The third kappa shape index (κ3) is 1.96. The summed E-state index contributed by atoms with van der Waals surface area (Å²) in [5, 5.41) is 0.877. The van der Waals surface area contributed by atoms with E-state index >= 15 is 0 Å². The van der Waals surface area contributed by atoms with E-state index in [0.717, 1.165) is 20.9 Å². The fourth-order valence-corrected chi connectivity index (χ4v) is 2.26. The summed E-state index contributed by atoms with van der Waals surface area (Å²) in [7, 11) is 0. The molecule has 0 N–H and O–H groups in total. The molecule has 2 aromatic rings. The maximum atomic E-state index is 13.9. The molecular weight excluding hydrogens is 269 g/mol. The summed E-state index contributed by atoms with van der Waals surface area (Å²) in [6.07, 6.45) is 1.30. The molecule has 0 aliphatic rings. The van der Waals surface area contributed by atoms with E-state index in [-0.39, 0.29) is 11.2 Å². The molecule has 0 saturated carbocycles. The molecule has 0 aliphatic carbocycles. The molecule has 16 heavy (non-hydrogen) atoms. The average Bonchev–Trinajstić information content (AvgIpc) is 2.14. The Morgan fingerprint density at radius 1 is 1.25 bits per heavy atom. The molecule has 0 atom stereocenters. The Balaban J connectivity index is 2.88. The number of fused-ring (bicyclic) bond motifs is 1. The Bertz CT molecular complexity index is 538. The molecule has 0 spiro atoms. The Labute approximate surface area is 103 Å². The van der Waals surface area contributed by atoms with Gasteiger partial charge in [-0.05, 0) is 23.6 Å². The summed E-state index contributed by atoms with van der Waals surface area (Å²) >= 11 is 3.41. The van der Waals surface area contributed by atoms with Crippen molar-refractivity contribution in [3.05, 3.63) is 40.2 Å². The van der Waals surface area contributed by atoms with E-state index in [1.807, 2.05) is 39.0 Å². The van der Waals surface area contributed by atoms with Gasteiger partial charge < -0.3 is 0 Å². The Hall–Kier alpha value is -0.960. The van der Waals surface area contributed by atoms with Crippen molar-refractivity contribution < 1.29 is 4.39 Å². The first-order chi connectivity index (χ1) is 7.39. The van der Waals surface area contributed by atoms with Gasteiger partial charge in [-0.1, -0.05) is 36.7 Å². The van der Waals surface area contributed by atoms with E-state index in [1.54, 1.807) is 0 Å². The lowest BCUT2D eigenvalue weighted by molar-refractivity contribution is 0.525.